The van der Waals surface area contributed by atoms with Crippen molar-refractivity contribution >= 4 is 5.78 Å². The third-order valence-corrected chi connectivity index (χ3v) is 3.86. The first-order chi connectivity index (χ1) is 10.2. The molecule has 0 saturated carbocycles. The first-order valence-corrected chi connectivity index (χ1v) is 6.96. The van der Waals surface area contributed by atoms with Gasteiger partial charge >= 0.3 is 0 Å². The maximum atomic E-state index is 11.6. The van der Waals surface area contributed by atoms with Crippen molar-refractivity contribution in [1.29, 1.82) is 5.26 Å². The molecule has 0 unspecified atom stereocenters. The molecule has 3 heteroatoms. The number of ether oxygens (including phenoxy) is 1. The summed E-state index contributed by atoms with van der Waals surface area (Å²) in [6, 6.07) is 13.4. The molecule has 0 spiro atoms. The quantitative estimate of drug-likeness (QED) is 0.861. The van der Waals surface area contributed by atoms with Crippen LogP contribution in [0.25, 0.3) is 0 Å². The van der Waals surface area contributed by atoms with Crippen LogP contribution >= 0.6 is 0 Å². The first-order valence-electron chi connectivity index (χ1n) is 6.96. The van der Waals surface area contributed by atoms with Gasteiger partial charge in [0.05, 0.1) is 11.6 Å². The van der Waals surface area contributed by atoms with Gasteiger partial charge in [-0.1, -0.05) is 6.07 Å². The van der Waals surface area contributed by atoms with Gasteiger partial charge in [0.25, 0.3) is 0 Å². The average Bonchev–Trinajstić information content (AvgIpc) is 2.87. The second-order valence-electron chi connectivity index (χ2n) is 5.28. The number of aryl methyl sites for hydroxylation is 2. The largest absolute Gasteiger partial charge is 0.489 e. The van der Waals surface area contributed by atoms with Gasteiger partial charge < -0.3 is 4.74 Å². The third kappa shape index (κ3) is 2.66. The summed E-state index contributed by atoms with van der Waals surface area (Å²) >= 11 is 0. The molecule has 3 nitrogen and oxygen atoms in total. The monoisotopic (exact) mass is 277 g/mol. The van der Waals surface area contributed by atoms with E-state index in [1.54, 1.807) is 6.07 Å². The highest BCUT2D eigenvalue weighted by Gasteiger charge is 2.19. The standard InChI is InChI=1S/C18H15NO2/c1-12-8-13(10-19)2-3-15(12)11-21-16-5-6-17-14(9-16)4-7-18(17)20/h2-3,5-6,8-9H,4,7,11H2,1H3. The summed E-state index contributed by atoms with van der Waals surface area (Å²) < 4.78 is 5.81. The number of nitrogens with zero attached hydrogens (tertiary/aromatic N) is 1. The molecular formula is C18H15NO2. The SMILES string of the molecule is Cc1cc(C#N)ccc1COc1ccc2c(c1)CCC2=O. The summed E-state index contributed by atoms with van der Waals surface area (Å²) in [7, 11) is 0. The molecule has 1 aliphatic carbocycles. The van der Waals surface area contributed by atoms with E-state index in [1.807, 2.05) is 37.3 Å². The smallest absolute Gasteiger partial charge is 0.163 e. The Hall–Kier alpha value is -2.60. The number of hydrogen-bond acceptors (Lipinski definition) is 3. The van der Waals surface area contributed by atoms with Gasteiger partial charge in [0.1, 0.15) is 12.4 Å². The molecule has 0 aromatic heterocycles. The number of carbonyl (C=O) groups excluding carboxylic acids is 1. The molecule has 2 aromatic carbocycles. The summed E-state index contributed by atoms with van der Waals surface area (Å²) in [5.74, 6) is 1.01. The fourth-order valence-corrected chi connectivity index (χ4v) is 2.61. The van der Waals surface area contributed by atoms with E-state index in [2.05, 4.69) is 6.07 Å². The van der Waals surface area contributed by atoms with E-state index in [1.165, 1.54) is 0 Å². The number of Topliss-reactive ketones (excluding diaryl/α,β-unsaturated/α-hetero) is 1. The van der Waals surface area contributed by atoms with Gasteiger partial charge in [-0.05, 0) is 60.4 Å². The van der Waals surface area contributed by atoms with Gasteiger partial charge in [-0.15, -0.1) is 0 Å². The summed E-state index contributed by atoms with van der Waals surface area (Å²) in [5, 5.41) is 8.86. The highest BCUT2D eigenvalue weighted by Crippen LogP contribution is 2.26. The first kappa shape index (κ1) is 13.4. The van der Waals surface area contributed by atoms with Crippen LogP contribution < -0.4 is 4.74 Å². The molecule has 0 saturated heterocycles. The van der Waals surface area contributed by atoms with Crippen LogP contribution in [-0.4, -0.2) is 5.78 Å². The number of carbonyl (C=O) groups is 1. The van der Waals surface area contributed by atoms with Crippen LogP contribution in [0.15, 0.2) is 36.4 Å². The Bertz CT molecular complexity index is 756. The molecule has 21 heavy (non-hydrogen) atoms. The van der Waals surface area contributed by atoms with E-state index in [0.29, 0.717) is 18.6 Å². The lowest BCUT2D eigenvalue weighted by molar-refractivity contribution is 0.0994. The van der Waals surface area contributed by atoms with Crippen LogP contribution in [-0.2, 0) is 13.0 Å². The zero-order valence-electron chi connectivity index (χ0n) is 11.8. The van der Waals surface area contributed by atoms with Gasteiger partial charge in [-0.25, -0.2) is 0 Å². The molecule has 0 amide bonds. The van der Waals surface area contributed by atoms with Crippen molar-refractivity contribution < 1.29 is 9.53 Å². The lowest BCUT2D eigenvalue weighted by atomic mass is 10.1. The van der Waals surface area contributed by atoms with Crippen LogP contribution in [0.5, 0.6) is 5.75 Å². The van der Waals surface area contributed by atoms with Crippen molar-refractivity contribution in [3.8, 4) is 11.8 Å². The second kappa shape index (κ2) is 5.41. The minimum Gasteiger partial charge on any atom is -0.489 e. The molecule has 0 N–H and O–H groups in total. The Morgan fingerprint density at radius 1 is 1.19 bits per heavy atom. The van der Waals surface area contributed by atoms with Crippen LogP contribution in [0.1, 0.15) is 39.0 Å². The Morgan fingerprint density at radius 2 is 2.05 bits per heavy atom. The molecule has 0 radical (unpaired) electrons. The molecule has 0 atom stereocenters. The second-order valence-corrected chi connectivity index (χ2v) is 5.28. The highest BCUT2D eigenvalue weighted by atomic mass is 16.5. The van der Waals surface area contributed by atoms with Gasteiger partial charge in [0.15, 0.2) is 5.78 Å². The molecule has 0 aliphatic heterocycles. The van der Waals surface area contributed by atoms with Crippen LogP contribution in [0.2, 0.25) is 0 Å². The van der Waals surface area contributed by atoms with Crippen molar-refractivity contribution in [2.45, 2.75) is 26.4 Å². The van der Waals surface area contributed by atoms with Crippen LogP contribution in [0.3, 0.4) is 0 Å². The third-order valence-electron chi connectivity index (χ3n) is 3.86. The number of nitriles is 1. The molecular weight excluding hydrogens is 262 g/mol. The average molecular weight is 277 g/mol. The fourth-order valence-electron chi connectivity index (χ4n) is 2.61. The number of rotatable bonds is 3. The van der Waals surface area contributed by atoms with Gasteiger partial charge in [0, 0.05) is 12.0 Å². The summed E-state index contributed by atoms with van der Waals surface area (Å²) in [6.07, 6.45) is 1.41. The maximum absolute atomic E-state index is 11.6. The summed E-state index contributed by atoms with van der Waals surface area (Å²) in [5.41, 5.74) is 4.68. The molecule has 2 aromatic rings. The Balaban J connectivity index is 1.74. The molecule has 0 bridgehead atoms. The zero-order valence-corrected chi connectivity index (χ0v) is 11.8. The summed E-state index contributed by atoms with van der Waals surface area (Å²) in [6.45, 7) is 2.44. The fraction of sp³-hybridized carbons (Fsp3) is 0.222. The molecule has 0 heterocycles. The van der Waals surface area contributed by atoms with E-state index in [9.17, 15) is 4.79 Å². The van der Waals surface area contributed by atoms with E-state index < -0.39 is 0 Å². The molecule has 1 aliphatic rings. The lowest BCUT2D eigenvalue weighted by Gasteiger charge is -2.10. The number of benzene rings is 2. The molecule has 104 valence electrons. The van der Waals surface area contributed by atoms with Crippen LogP contribution in [0.4, 0.5) is 0 Å². The van der Waals surface area contributed by atoms with E-state index >= 15 is 0 Å². The minimum absolute atomic E-state index is 0.222. The van der Waals surface area contributed by atoms with Gasteiger partial charge in [-0.2, -0.15) is 5.26 Å². The predicted molar refractivity (Wildman–Crippen MR) is 79.3 cm³/mol. The minimum atomic E-state index is 0.222. The van der Waals surface area contributed by atoms with Gasteiger partial charge in [-0.3, -0.25) is 4.79 Å². The summed E-state index contributed by atoms with van der Waals surface area (Å²) in [4.78, 5) is 11.6. The van der Waals surface area contributed by atoms with Crippen molar-refractivity contribution in [2.75, 3.05) is 0 Å². The van der Waals surface area contributed by atoms with Crippen molar-refractivity contribution in [3.63, 3.8) is 0 Å². The Kier molecular flexibility index (Phi) is 3.45. The van der Waals surface area contributed by atoms with Crippen molar-refractivity contribution in [2.24, 2.45) is 0 Å². The van der Waals surface area contributed by atoms with E-state index in [4.69, 9.17) is 10.00 Å². The number of ketones is 1. The molecule has 0 fully saturated rings. The Labute approximate surface area is 123 Å². The number of hydrogen-bond donors (Lipinski definition) is 0. The Morgan fingerprint density at radius 3 is 2.81 bits per heavy atom. The molecule has 3 rings (SSSR count). The van der Waals surface area contributed by atoms with E-state index in [-0.39, 0.29) is 5.78 Å². The highest BCUT2D eigenvalue weighted by molar-refractivity contribution is 6.00. The predicted octanol–water partition coefficient (Wildman–Crippen LogP) is 3.57. The normalized spacial score (nSPS) is 12.9. The number of fused-ring (bicyclic) bond motifs is 1. The maximum Gasteiger partial charge on any atom is 0.163 e. The van der Waals surface area contributed by atoms with E-state index in [0.717, 1.165) is 34.4 Å². The zero-order chi connectivity index (χ0) is 14.8. The van der Waals surface area contributed by atoms with Crippen molar-refractivity contribution in [3.05, 3.63) is 64.2 Å². The lowest BCUT2D eigenvalue weighted by Crippen LogP contribution is -1.99. The van der Waals surface area contributed by atoms with Crippen molar-refractivity contribution in [1.82, 2.24) is 0 Å². The van der Waals surface area contributed by atoms with Crippen LogP contribution in [0, 0.1) is 18.3 Å². The van der Waals surface area contributed by atoms with Gasteiger partial charge in [0.2, 0.25) is 0 Å². The topological polar surface area (TPSA) is 50.1 Å².